The molecule has 0 aliphatic heterocycles. The molecule has 2 N–H and O–H groups in total. The molecule has 8 heteroatoms. The molecule has 0 spiro atoms. The third kappa shape index (κ3) is 3.64. The summed E-state index contributed by atoms with van der Waals surface area (Å²) in [4.78, 5) is 29.6. The SMILES string of the molecule is CCc1[nH]c2nc(Sc3cccnc3)nc(NCOC)c2c1C(C)=O. The number of ether oxygens (including phenoxy) is 1. The Hall–Kier alpha value is -2.45. The van der Waals surface area contributed by atoms with Gasteiger partial charge in [-0.25, -0.2) is 9.97 Å². The Morgan fingerprint density at radius 3 is 2.88 bits per heavy atom. The number of methoxy groups -OCH3 is 1. The van der Waals surface area contributed by atoms with Gasteiger partial charge in [0.2, 0.25) is 0 Å². The fourth-order valence-electron chi connectivity index (χ4n) is 2.60. The molecular formula is C17H19N5O2S. The number of rotatable bonds is 7. The van der Waals surface area contributed by atoms with Gasteiger partial charge in [0.1, 0.15) is 18.2 Å². The summed E-state index contributed by atoms with van der Waals surface area (Å²) in [6.45, 7) is 3.84. The predicted molar refractivity (Wildman–Crippen MR) is 97.1 cm³/mol. The highest BCUT2D eigenvalue weighted by molar-refractivity contribution is 7.99. The molecule has 130 valence electrons. The number of anilines is 1. The second-order valence-corrected chi connectivity index (χ2v) is 6.41. The van der Waals surface area contributed by atoms with Crippen LogP contribution in [0.3, 0.4) is 0 Å². The van der Waals surface area contributed by atoms with Crippen molar-refractivity contribution >= 4 is 34.4 Å². The molecule has 3 aromatic heterocycles. The second-order valence-electron chi connectivity index (χ2n) is 5.37. The fourth-order valence-corrected chi connectivity index (χ4v) is 3.35. The molecule has 0 amide bonds. The minimum absolute atomic E-state index is 0.0140. The van der Waals surface area contributed by atoms with Gasteiger partial charge in [-0.15, -0.1) is 0 Å². The number of Topliss-reactive ketones (excluding diaryl/α,β-unsaturated/α-hetero) is 1. The van der Waals surface area contributed by atoms with Gasteiger partial charge < -0.3 is 15.0 Å². The van der Waals surface area contributed by atoms with Crippen molar-refractivity contribution in [3.63, 3.8) is 0 Å². The average molecular weight is 357 g/mol. The van der Waals surface area contributed by atoms with Crippen LogP contribution in [0.2, 0.25) is 0 Å². The topological polar surface area (TPSA) is 92.8 Å². The molecule has 0 aromatic carbocycles. The lowest BCUT2D eigenvalue weighted by Crippen LogP contribution is -2.07. The van der Waals surface area contributed by atoms with Crippen LogP contribution < -0.4 is 5.32 Å². The van der Waals surface area contributed by atoms with Crippen molar-refractivity contribution in [2.45, 2.75) is 30.3 Å². The van der Waals surface area contributed by atoms with Crippen LogP contribution in [0, 0.1) is 0 Å². The van der Waals surface area contributed by atoms with Gasteiger partial charge in [0.15, 0.2) is 10.9 Å². The number of pyridine rings is 1. The molecule has 0 fully saturated rings. The minimum atomic E-state index is -0.0140. The smallest absolute Gasteiger partial charge is 0.196 e. The molecule has 0 radical (unpaired) electrons. The van der Waals surface area contributed by atoms with Crippen molar-refractivity contribution in [3.05, 3.63) is 35.8 Å². The number of hydrogen-bond acceptors (Lipinski definition) is 7. The van der Waals surface area contributed by atoms with E-state index in [0.29, 0.717) is 34.0 Å². The fraction of sp³-hybridized carbons (Fsp3) is 0.294. The number of aromatic nitrogens is 4. The summed E-state index contributed by atoms with van der Waals surface area (Å²) in [5.74, 6) is 0.569. The summed E-state index contributed by atoms with van der Waals surface area (Å²) < 4.78 is 5.10. The number of carbonyl (C=O) groups excluding carboxylic acids is 1. The third-order valence-electron chi connectivity index (χ3n) is 3.64. The minimum Gasteiger partial charge on any atom is -0.365 e. The Kier molecular flexibility index (Phi) is 5.30. The Labute approximate surface area is 149 Å². The van der Waals surface area contributed by atoms with Crippen LogP contribution in [0.25, 0.3) is 11.0 Å². The van der Waals surface area contributed by atoms with Gasteiger partial charge in [-0.05, 0) is 37.2 Å². The molecule has 0 saturated carbocycles. The van der Waals surface area contributed by atoms with Crippen molar-refractivity contribution in [2.75, 3.05) is 19.2 Å². The maximum absolute atomic E-state index is 12.2. The Bertz CT molecular complexity index is 895. The maximum atomic E-state index is 12.2. The largest absolute Gasteiger partial charge is 0.365 e. The van der Waals surface area contributed by atoms with Crippen molar-refractivity contribution in [2.24, 2.45) is 0 Å². The lowest BCUT2D eigenvalue weighted by atomic mass is 10.1. The first kappa shape index (κ1) is 17.4. The first-order valence-electron chi connectivity index (χ1n) is 7.88. The molecule has 7 nitrogen and oxygen atoms in total. The first-order valence-corrected chi connectivity index (χ1v) is 8.69. The number of nitrogens with one attached hydrogen (secondary N) is 2. The molecule has 3 aromatic rings. The zero-order valence-electron chi connectivity index (χ0n) is 14.3. The van der Waals surface area contributed by atoms with Crippen molar-refractivity contribution in [3.8, 4) is 0 Å². The Morgan fingerprint density at radius 1 is 1.40 bits per heavy atom. The van der Waals surface area contributed by atoms with Gasteiger partial charge in [0, 0.05) is 30.1 Å². The van der Waals surface area contributed by atoms with Gasteiger partial charge >= 0.3 is 0 Å². The normalized spacial score (nSPS) is 11.0. The molecule has 25 heavy (non-hydrogen) atoms. The van der Waals surface area contributed by atoms with Crippen LogP contribution >= 0.6 is 11.8 Å². The van der Waals surface area contributed by atoms with Crippen LogP contribution in [0.1, 0.15) is 29.9 Å². The van der Waals surface area contributed by atoms with E-state index in [1.165, 1.54) is 11.8 Å². The summed E-state index contributed by atoms with van der Waals surface area (Å²) in [6, 6.07) is 3.81. The highest BCUT2D eigenvalue weighted by Crippen LogP contribution is 2.32. The number of carbonyl (C=O) groups is 1. The number of fused-ring (bicyclic) bond motifs is 1. The zero-order valence-corrected chi connectivity index (χ0v) is 15.1. The molecule has 3 rings (SSSR count). The quantitative estimate of drug-likeness (QED) is 0.381. The highest BCUT2D eigenvalue weighted by atomic mass is 32.2. The number of aryl methyl sites for hydroxylation is 1. The van der Waals surface area contributed by atoms with Crippen LogP contribution in [0.15, 0.2) is 34.6 Å². The number of ketones is 1. The van der Waals surface area contributed by atoms with E-state index in [-0.39, 0.29) is 12.5 Å². The van der Waals surface area contributed by atoms with Crippen LogP contribution in [0.5, 0.6) is 0 Å². The van der Waals surface area contributed by atoms with Crippen LogP contribution in [-0.2, 0) is 11.2 Å². The second kappa shape index (κ2) is 7.62. The molecule has 0 aliphatic carbocycles. The molecule has 0 atom stereocenters. The van der Waals surface area contributed by atoms with Crippen LogP contribution in [-0.4, -0.2) is 39.6 Å². The lowest BCUT2D eigenvalue weighted by molar-refractivity contribution is 0.101. The molecule has 3 heterocycles. The average Bonchev–Trinajstić information content (AvgIpc) is 2.99. The van der Waals surface area contributed by atoms with E-state index in [2.05, 4.69) is 25.3 Å². The lowest BCUT2D eigenvalue weighted by Gasteiger charge is -2.09. The summed E-state index contributed by atoms with van der Waals surface area (Å²) in [7, 11) is 1.59. The van der Waals surface area contributed by atoms with Gasteiger partial charge in [-0.1, -0.05) is 6.92 Å². The van der Waals surface area contributed by atoms with E-state index in [1.807, 2.05) is 19.1 Å². The maximum Gasteiger partial charge on any atom is 0.196 e. The molecule has 0 aliphatic rings. The van der Waals surface area contributed by atoms with Gasteiger partial charge in [0.25, 0.3) is 0 Å². The zero-order chi connectivity index (χ0) is 17.8. The van der Waals surface area contributed by atoms with E-state index in [1.54, 1.807) is 26.4 Å². The third-order valence-corrected chi connectivity index (χ3v) is 4.49. The van der Waals surface area contributed by atoms with Gasteiger partial charge in [-0.2, -0.15) is 0 Å². The molecule has 0 bridgehead atoms. The number of hydrogen-bond donors (Lipinski definition) is 2. The predicted octanol–water partition coefficient (Wildman–Crippen LogP) is 3.28. The highest BCUT2D eigenvalue weighted by Gasteiger charge is 2.20. The van der Waals surface area contributed by atoms with Crippen LogP contribution in [0.4, 0.5) is 5.82 Å². The van der Waals surface area contributed by atoms with E-state index in [4.69, 9.17) is 4.74 Å². The number of aromatic amines is 1. The van der Waals surface area contributed by atoms with E-state index in [0.717, 1.165) is 10.6 Å². The van der Waals surface area contributed by atoms with Crippen molar-refractivity contribution in [1.82, 2.24) is 19.9 Å². The summed E-state index contributed by atoms with van der Waals surface area (Å²) in [5, 5.41) is 4.39. The van der Waals surface area contributed by atoms with Gasteiger partial charge in [-0.3, -0.25) is 9.78 Å². The number of nitrogens with zero attached hydrogens (tertiary/aromatic N) is 3. The number of H-pyrrole nitrogens is 1. The first-order chi connectivity index (χ1) is 12.1. The van der Waals surface area contributed by atoms with E-state index < -0.39 is 0 Å². The summed E-state index contributed by atoms with van der Waals surface area (Å²) in [6.07, 6.45) is 4.19. The van der Waals surface area contributed by atoms with E-state index >= 15 is 0 Å². The molecule has 0 saturated heterocycles. The van der Waals surface area contributed by atoms with E-state index in [9.17, 15) is 4.79 Å². The van der Waals surface area contributed by atoms with Crippen molar-refractivity contribution < 1.29 is 9.53 Å². The molecular weight excluding hydrogens is 338 g/mol. The van der Waals surface area contributed by atoms with Crippen molar-refractivity contribution in [1.29, 1.82) is 0 Å². The summed E-state index contributed by atoms with van der Waals surface area (Å²) >= 11 is 1.41. The van der Waals surface area contributed by atoms with Gasteiger partial charge in [0.05, 0.1) is 10.9 Å². The Balaban J connectivity index is 2.13. The Morgan fingerprint density at radius 2 is 2.24 bits per heavy atom. The summed E-state index contributed by atoms with van der Waals surface area (Å²) in [5.41, 5.74) is 2.14. The standard InChI is InChI=1S/C17H19N5O2S/c1-4-12-13(10(2)23)14-15(19-9-24-3)21-17(22-16(14)20-12)25-11-6-5-7-18-8-11/h5-8H,4,9H2,1-3H3,(H2,19,20,21,22). The monoisotopic (exact) mass is 357 g/mol. The molecule has 0 unspecified atom stereocenters.